The van der Waals surface area contributed by atoms with Crippen molar-refractivity contribution in [2.75, 3.05) is 0 Å². The first-order chi connectivity index (χ1) is 12.8. The molecule has 1 nitrogen and oxygen atoms in total. The summed E-state index contributed by atoms with van der Waals surface area (Å²) in [5.74, 6) is 0.317. The van der Waals surface area contributed by atoms with Gasteiger partial charge in [-0.05, 0) is 18.9 Å². The van der Waals surface area contributed by atoms with Gasteiger partial charge in [-0.2, -0.15) is 0 Å². The number of carbonyl (C=O) groups is 1. The van der Waals surface area contributed by atoms with Crippen LogP contribution in [0.1, 0.15) is 126 Å². The minimum atomic E-state index is 0.317. The maximum Gasteiger partial charge on any atom is 0.163 e. The molecule has 0 aromatic heterocycles. The summed E-state index contributed by atoms with van der Waals surface area (Å²) in [4.78, 5) is 12.2. The summed E-state index contributed by atoms with van der Waals surface area (Å²) in [6.45, 7) is 4.31. The van der Waals surface area contributed by atoms with Crippen molar-refractivity contribution in [2.24, 2.45) is 0 Å². The molecule has 0 amide bonds. The van der Waals surface area contributed by atoms with Crippen molar-refractivity contribution in [2.45, 2.75) is 117 Å². The first-order valence-corrected chi connectivity index (χ1v) is 11.3. The van der Waals surface area contributed by atoms with Crippen molar-refractivity contribution in [3.63, 3.8) is 0 Å². The Morgan fingerprint density at radius 1 is 0.654 bits per heavy atom. The number of benzene rings is 1. The molecule has 0 unspecified atom stereocenters. The van der Waals surface area contributed by atoms with Crippen molar-refractivity contribution in [1.82, 2.24) is 0 Å². The molecule has 26 heavy (non-hydrogen) atoms. The van der Waals surface area contributed by atoms with Gasteiger partial charge in [0.05, 0.1) is 0 Å². The van der Waals surface area contributed by atoms with Gasteiger partial charge in [-0.25, -0.2) is 0 Å². The zero-order valence-corrected chi connectivity index (χ0v) is 17.5. The highest BCUT2D eigenvalue weighted by Gasteiger charge is 2.07. The van der Waals surface area contributed by atoms with Crippen LogP contribution in [0.4, 0.5) is 0 Å². The van der Waals surface area contributed by atoms with Gasteiger partial charge in [0.1, 0.15) is 0 Å². The second-order valence-corrected chi connectivity index (χ2v) is 7.94. The van der Waals surface area contributed by atoms with Crippen LogP contribution in [0.5, 0.6) is 0 Å². The van der Waals surface area contributed by atoms with Gasteiger partial charge in [0.25, 0.3) is 0 Å². The summed E-state index contributed by atoms with van der Waals surface area (Å²) >= 11 is 0. The molecule has 0 heterocycles. The SMILES string of the molecule is CCCCCCCCCCCCCCCCCC(=O)c1ccccc1C. The Bertz CT molecular complexity index is 463. The Morgan fingerprint density at radius 2 is 1.08 bits per heavy atom. The molecule has 1 rings (SSSR count). The number of carbonyl (C=O) groups excluding carboxylic acids is 1. The van der Waals surface area contributed by atoms with Gasteiger partial charge in [0.2, 0.25) is 0 Å². The van der Waals surface area contributed by atoms with Crippen LogP contribution >= 0.6 is 0 Å². The van der Waals surface area contributed by atoms with E-state index in [1.807, 2.05) is 31.2 Å². The zero-order valence-electron chi connectivity index (χ0n) is 17.5. The van der Waals surface area contributed by atoms with Crippen molar-refractivity contribution in [1.29, 1.82) is 0 Å². The van der Waals surface area contributed by atoms with E-state index < -0.39 is 0 Å². The lowest BCUT2D eigenvalue weighted by molar-refractivity contribution is 0.0978. The van der Waals surface area contributed by atoms with Gasteiger partial charge in [-0.15, -0.1) is 0 Å². The Labute approximate surface area is 163 Å². The van der Waals surface area contributed by atoms with E-state index >= 15 is 0 Å². The highest BCUT2D eigenvalue weighted by molar-refractivity contribution is 5.97. The van der Waals surface area contributed by atoms with Gasteiger partial charge in [-0.1, -0.05) is 121 Å². The summed E-state index contributed by atoms with van der Waals surface area (Å²) in [6, 6.07) is 7.95. The normalized spacial score (nSPS) is 11.0. The Morgan fingerprint density at radius 3 is 1.54 bits per heavy atom. The Balaban J connectivity index is 1.84. The average molecular weight is 359 g/mol. The maximum absolute atomic E-state index is 12.2. The van der Waals surface area contributed by atoms with E-state index in [1.165, 1.54) is 89.9 Å². The van der Waals surface area contributed by atoms with Gasteiger partial charge < -0.3 is 0 Å². The van der Waals surface area contributed by atoms with E-state index in [9.17, 15) is 4.79 Å². The molecule has 0 saturated carbocycles. The lowest BCUT2D eigenvalue weighted by Gasteiger charge is -2.05. The third-order valence-electron chi connectivity index (χ3n) is 5.45. The molecule has 0 spiro atoms. The molecule has 0 fully saturated rings. The number of hydrogen-bond acceptors (Lipinski definition) is 1. The van der Waals surface area contributed by atoms with E-state index in [4.69, 9.17) is 0 Å². The molecule has 1 heteroatoms. The standard InChI is InChI=1S/C25H42O/c1-3-4-5-6-7-8-9-10-11-12-13-14-15-16-17-22-25(26)24-21-19-18-20-23(24)2/h18-21H,3-17,22H2,1-2H3. The summed E-state index contributed by atoms with van der Waals surface area (Å²) in [5, 5.41) is 0. The molecule has 0 N–H and O–H groups in total. The number of ketones is 1. The second kappa shape index (κ2) is 16.1. The largest absolute Gasteiger partial charge is 0.294 e. The minimum absolute atomic E-state index is 0.317. The molecule has 0 aliphatic heterocycles. The molecule has 1 aromatic carbocycles. The molecule has 148 valence electrons. The Hall–Kier alpha value is -1.11. The smallest absolute Gasteiger partial charge is 0.163 e. The van der Waals surface area contributed by atoms with Gasteiger partial charge in [-0.3, -0.25) is 4.79 Å². The fraction of sp³-hybridized carbons (Fsp3) is 0.720. The summed E-state index contributed by atoms with van der Waals surface area (Å²) < 4.78 is 0. The van der Waals surface area contributed by atoms with Crippen molar-refractivity contribution in [3.8, 4) is 0 Å². The van der Waals surface area contributed by atoms with Crippen LogP contribution in [-0.2, 0) is 0 Å². The van der Waals surface area contributed by atoms with Crippen LogP contribution in [0.15, 0.2) is 24.3 Å². The molecule has 0 atom stereocenters. The molecule has 0 aliphatic rings. The quantitative estimate of drug-likeness (QED) is 0.202. The number of rotatable bonds is 17. The fourth-order valence-electron chi connectivity index (χ4n) is 3.68. The number of hydrogen-bond donors (Lipinski definition) is 0. The predicted molar refractivity (Wildman–Crippen MR) is 115 cm³/mol. The van der Waals surface area contributed by atoms with E-state index in [1.54, 1.807) is 0 Å². The van der Waals surface area contributed by atoms with Crippen LogP contribution in [0.25, 0.3) is 0 Å². The lowest BCUT2D eigenvalue weighted by Crippen LogP contribution is -2.01. The van der Waals surface area contributed by atoms with E-state index in [-0.39, 0.29) is 0 Å². The molecule has 0 saturated heterocycles. The lowest BCUT2D eigenvalue weighted by atomic mass is 9.99. The van der Waals surface area contributed by atoms with Crippen molar-refractivity contribution < 1.29 is 4.79 Å². The first-order valence-electron chi connectivity index (χ1n) is 11.3. The van der Waals surface area contributed by atoms with Crippen molar-refractivity contribution >= 4 is 5.78 Å². The highest BCUT2D eigenvalue weighted by atomic mass is 16.1. The zero-order chi connectivity index (χ0) is 18.9. The third kappa shape index (κ3) is 11.5. The summed E-state index contributed by atoms with van der Waals surface area (Å²) in [5.41, 5.74) is 2.02. The number of unbranched alkanes of at least 4 members (excludes halogenated alkanes) is 14. The molecule has 1 aromatic rings. The highest BCUT2D eigenvalue weighted by Crippen LogP contribution is 2.15. The molecular weight excluding hydrogens is 316 g/mol. The molecule has 0 aliphatic carbocycles. The molecule has 0 radical (unpaired) electrons. The van der Waals surface area contributed by atoms with Crippen LogP contribution < -0.4 is 0 Å². The van der Waals surface area contributed by atoms with Crippen LogP contribution in [0.2, 0.25) is 0 Å². The topological polar surface area (TPSA) is 17.1 Å². The summed E-state index contributed by atoms with van der Waals surface area (Å²) in [7, 11) is 0. The van der Waals surface area contributed by atoms with Crippen LogP contribution in [-0.4, -0.2) is 5.78 Å². The second-order valence-electron chi connectivity index (χ2n) is 7.94. The van der Waals surface area contributed by atoms with Gasteiger partial charge in [0, 0.05) is 12.0 Å². The average Bonchev–Trinajstić information content (AvgIpc) is 2.65. The van der Waals surface area contributed by atoms with Gasteiger partial charge >= 0.3 is 0 Å². The monoisotopic (exact) mass is 358 g/mol. The van der Waals surface area contributed by atoms with Crippen molar-refractivity contribution in [3.05, 3.63) is 35.4 Å². The van der Waals surface area contributed by atoms with Crippen LogP contribution in [0.3, 0.4) is 0 Å². The molecule has 0 bridgehead atoms. The fourth-order valence-corrected chi connectivity index (χ4v) is 3.68. The number of Topliss-reactive ketones (excluding diaryl/α,β-unsaturated/α-hetero) is 1. The van der Waals surface area contributed by atoms with E-state index in [2.05, 4.69) is 6.92 Å². The first kappa shape index (κ1) is 22.9. The van der Waals surface area contributed by atoms with E-state index in [0.29, 0.717) is 12.2 Å². The van der Waals surface area contributed by atoms with Gasteiger partial charge in [0.15, 0.2) is 5.78 Å². The summed E-state index contributed by atoms with van der Waals surface area (Å²) in [6.07, 6.45) is 21.2. The Kier molecular flexibility index (Phi) is 14.2. The molecular formula is C25H42O. The van der Waals surface area contributed by atoms with Crippen LogP contribution in [0, 0.1) is 6.92 Å². The van der Waals surface area contributed by atoms with E-state index in [0.717, 1.165) is 17.5 Å². The predicted octanol–water partition coefficient (Wildman–Crippen LogP) is 8.44. The third-order valence-corrected chi connectivity index (χ3v) is 5.45. The maximum atomic E-state index is 12.2. The number of aryl methyl sites for hydroxylation is 1. The minimum Gasteiger partial charge on any atom is -0.294 e.